The van der Waals surface area contributed by atoms with Gasteiger partial charge in [0.1, 0.15) is 0 Å². The van der Waals surface area contributed by atoms with Crippen LogP contribution in [0.3, 0.4) is 0 Å². The molecular weight excluding hydrogens is 234 g/mol. The van der Waals surface area contributed by atoms with Gasteiger partial charge >= 0.3 is 0 Å². The Morgan fingerprint density at radius 1 is 1.41 bits per heavy atom. The van der Waals surface area contributed by atoms with E-state index in [0.717, 1.165) is 11.4 Å². The van der Waals surface area contributed by atoms with Crippen molar-refractivity contribution in [1.29, 1.82) is 0 Å². The fraction of sp³-hybridized carbons (Fsp3) is 0.462. The highest BCUT2D eigenvalue weighted by Gasteiger charge is 2.05. The molecule has 0 heterocycles. The number of anilines is 1. The van der Waals surface area contributed by atoms with Gasteiger partial charge in [0, 0.05) is 12.3 Å². The predicted octanol–water partition coefficient (Wildman–Crippen LogP) is 2.30. The second-order valence-corrected chi connectivity index (χ2v) is 5.25. The summed E-state index contributed by atoms with van der Waals surface area (Å²) in [5.41, 5.74) is 2.01. The molecule has 0 aliphatic heterocycles. The zero-order valence-corrected chi connectivity index (χ0v) is 11.1. The second kappa shape index (κ2) is 7.35. The van der Waals surface area contributed by atoms with Crippen LogP contribution in [0.4, 0.5) is 5.69 Å². The number of nitrogens with one attached hydrogen (secondary N) is 1. The van der Waals surface area contributed by atoms with E-state index in [1.54, 1.807) is 11.8 Å². The molecule has 1 rings (SSSR count). The molecule has 17 heavy (non-hydrogen) atoms. The summed E-state index contributed by atoms with van der Waals surface area (Å²) in [6.45, 7) is 4.15. The molecule has 4 heteroatoms. The lowest BCUT2D eigenvalue weighted by atomic mass is 10.2. The number of benzene rings is 1. The quantitative estimate of drug-likeness (QED) is 0.818. The van der Waals surface area contributed by atoms with E-state index in [-0.39, 0.29) is 18.4 Å². The molecule has 1 unspecified atom stereocenters. The van der Waals surface area contributed by atoms with Gasteiger partial charge in [-0.3, -0.25) is 4.79 Å². The first-order valence-electron chi connectivity index (χ1n) is 5.67. The molecule has 0 radical (unpaired) electrons. The lowest BCUT2D eigenvalue weighted by Gasteiger charge is -2.08. The van der Waals surface area contributed by atoms with E-state index in [2.05, 4.69) is 5.32 Å². The minimum absolute atomic E-state index is 0.00370. The van der Waals surface area contributed by atoms with Crippen molar-refractivity contribution in [3.63, 3.8) is 0 Å². The summed E-state index contributed by atoms with van der Waals surface area (Å²) in [6, 6.07) is 7.73. The Hall–Kier alpha value is -1.00. The summed E-state index contributed by atoms with van der Waals surface area (Å²) in [5.74, 6) is 1.48. The first kappa shape index (κ1) is 14.1. The lowest BCUT2D eigenvalue weighted by molar-refractivity contribution is -0.113. The Morgan fingerprint density at radius 2 is 2.06 bits per heavy atom. The van der Waals surface area contributed by atoms with E-state index < -0.39 is 0 Å². The monoisotopic (exact) mass is 253 g/mol. The number of hydrogen-bond donors (Lipinski definition) is 2. The zero-order valence-electron chi connectivity index (χ0n) is 10.3. The largest absolute Gasteiger partial charge is 0.396 e. The molecule has 0 saturated heterocycles. The van der Waals surface area contributed by atoms with Crippen molar-refractivity contribution in [1.82, 2.24) is 0 Å². The molecule has 0 fully saturated rings. The maximum Gasteiger partial charge on any atom is 0.234 e. The summed E-state index contributed by atoms with van der Waals surface area (Å²) < 4.78 is 0. The number of hydrogen-bond acceptors (Lipinski definition) is 3. The summed E-state index contributed by atoms with van der Waals surface area (Å²) in [6.07, 6.45) is 0. The Balaban J connectivity index is 2.27. The van der Waals surface area contributed by atoms with Crippen LogP contribution in [0.25, 0.3) is 0 Å². The number of carbonyl (C=O) groups excluding carboxylic acids is 1. The van der Waals surface area contributed by atoms with Gasteiger partial charge in [-0.05, 0) is 30.7 Å². The highest BCUT2D eigenvalue weighted by atomic mass is 32.2. The number of aliphatic hydroxyl groups excluding tert-OH is 1. The molecule has 1 aromatic carbocycles. The summed E-state index contributed by atoms with van der Waals surface area (Å²) in [4.78, 5) is 11.6. The zero-order chi connectivity index (χ0) is 12.7. The molecule has 1 atom stereocenters. The highest BCUT2D eigenvalue weighted by molar-refractivity contribution is 7.99. The van der Waals surface area contributed by atoms with E-state index in [9.17, 15) is 4.79 Å². The van der Waals surface area contributed by atoms with Gasteiger partial charge in [-0.2, -0.15) is 11.8 Å². The average Bonchev–Trinajstić information content (AvgIpc) is 2.32. The molecule has 0 aliphatic carbocycles. The van der Waals surface area contributed by atoms with Crippen LogP contribution < -0.4 is 5.32 Å². The molecule has 1 aromatic rings. The summed E-state index contributed by atoms with van der Waals surface area (Å²) in [7, 11) is 0. The van der Waals surface area contributed by atoms with Crippen molar-refractivity contribution in [3.05, 3.63) is 29.8 Å². The van der Waals surface area contributed by atoms with E-state index in [1.165, 1.54) is 5.56 Å². The van der Waals surface area contributed by atoms with Gasteiger partial charge in [0.15, 0.2) is 0 Å². The van der Waals surface area contributed by atoms with Gasteiger partial charge in [0.05, 0.1) is 5.75 Å². The van der Waals surface area contributed by atoms with Crippen molar-refractivity contribution < 1.29 is 9.90 Å². The van der Waals surface area contributed by atoms with Crippen LogP contribution in [0, 0.1) is 12.8 Å². The van der Waals surface area contributed by atoms with Crippen LogP contribution >= 0.6 is 11.8 Å². The molecule has 1 amide bonds. The molecular formula is C13H19NO2S. The lowest BCUT2D eigenvalue weighted by Crippen LogP contribution is -2.15. The Labute approximate surface area is 107 Å². The van der Waals surface area contributed by atoms with Crippen molar-refractivity contribution >= 4 is 23.4 Å². The number of rotatable bonds is 6. The number of aliphatic hydroxyl groups is 1. The van der Waals surface area contributed by atoms with E-state index in [0.29, 0.717) is 5.75 Å². The van der Waals surface area contributed by atoms with Crippen LogP contribution in [0.15, 0.2) is 24.3 Å². The first-order chi connectivity index (χ1) is 8.11. The number of carbonyl (C=O) groups is 1. The van der Waals surface area contributed by atoms with Crippen molar-refractivity contribution in [2.45, 2.75) is 13.8 Å². The fourth-order valence-electron chi connectivity index (χ4n) is 1.24. The van der Waals surface area contributed by atoms with Crippen molar-refractivity contribution in [3.8, 4) is 0 Å². The topological polar surface area (TPSA) is 49.3 Å². The summed E-state index contributed by atoms with van der Waals surface area (Å²) in [5, 5.41) is 11.7. The molecule has 3 nitrogen and oxygen atoms in total. The van der Waals surface area contributed by atoms with Crippen LogP contribution in [-0.4, -0.2) is 29.1 Å². The molecule has 94 valence electrons. The third-order valence-electron chi connectivity index (χ3n) is 2.28. The van der Waals surface area contributed by atoms with Crippen molar-refractivity contribution in [2.75, 3.05) is 23.4 Å². The maximum absolute atomic E-state index is 11.6. The molecule has 0 bridgehead atoms. The molecule has 0 spiro atoms. The van der Waals surface area contributed by atoms with E-state index in [4.69, 9.17) is 5.11 Å². The first-order valence-corrected chi connectivity index (χ1v) is 6.82. The van der Waals surface area contributed by atoms with Crippen molar-refractivity contribution in [2.24, 2.45) is 5.92 Å². The SMILES string of the molecule is Cc1ccc(NC(=O)CSCC(C)CO)cc1. The third kappa shape index (κ3) is 5.75. The van der Waals surface area contributed by atoms with Crippen LogP contribution in [0.5, 0.6) is 0 Å². The maximum atomic E-state index is 11.6. The predicted molar refractivity (Wildman–Crippen MR) is 73.4 cm³/mol. The number of aryl methyl sites for hydroxylation is 1. The van der Waals surface area contributed by atoms with Crippen LogP contribution in [0.1, 0.15) is 12.5 Å². The Morgan fingerprint density at radius 3 is 2.65 bits per heavy atom. The minimum atomic E-state index is 0.00370. The number of thioether (sulfide) groups is 1. The second-order valence-electron chi connectivity index (χ2n) is 4.22. The smallest absolute Gasteiger partial charge is 0.234 e. The van der Waals surface area contributed by atoms with Crippen LogP contribution in [0.2, 0.25) is 0 Å². The summed E-state index contributed by atoms with van der Waals surface area (Å²) >= 11 is 1.54. The van der Waals surface area contributed by atoms with Gasteiger partial charge < -0.3 is 10.4 Å². The van der Waals surface area contributed by atoms with Gasteiger partial charge in [-0.1, -0.05) is 24.6 Å². The molecule has 0 saturated carbocycles. The normalized spacial score (nSPS) is 12.2. The standard InChI is InChI=1S/C13H19NO2S/c1-10-3-5-12(6-4-10)14-13(16)9-17-8-11(2)7-15/h3-6,11,15H,7-9H2,1-2H3,(H,14,16). The molecule has 2 N–H and O–H groups in total. The molecule has 0 aliphatic rings. The Bertz CT molecular complexity index is 351. The Kier molecular flexibility index (Phi) is 6.08. The molecule has 0 aromatic heterocycles. The van der Waals surface area contributed by atoms with Gasteiger partial charge in [-0.25, -0.2) is 0 Å². The minimum Gasteiger partial charge on any atom is -0.396 e. The third-order valence-corrected chi connectivity index (χ3v) is 3.55. The number of amides is 1. The van der Waals surface area contributed by atoms with E-state index in [1.807, 2.05) is 38.1 Å². The van der Waals surface area contributed by atoms with E-state index >= 15 is 0 Å². The van der Waals surface area contributed by atoms with Gasteiger partial charge in [-0.15, -0.1) is 0 Å². The van der Waals surface area contributed by atoms with Crippen LogP contribution in [-0.2, 0) is 4.79 Å². The highest BCUT2D eigenvalue weighted by Crippen LogP contribution is 2.11. The van der Waals surface area contributed by atoms with Gasteiger partial charge in [0.2, 0.25) is 5.91 Å². The fourth-order valence-corrected chi connectivity index (χ4v) is 2.12. The average molecular weight is 253 g/mol. The van der Waals surface area contributed by atoms with Gasteiger partial charge in [0.25, 0.3) is 0 Å².